The summed E-state index contributed by atoms with van der Waals surface area (Å²) in [6, 6.07) is 5.89. The molecule has 96 valence electrons. The maximum atomic E-state index is 12.0. The van der Waals surface area contributed by atoms with Crippen LogP contribution in [0.5, 0.6) is 0 Å². The highest BCUT2D eigenvalue weighted by molar-refractivity contribution is 7.90. The summed E-state index contributed by atoms with van der Waals surface area (Å²) in [5.74, 6) is -1.23. The van der Waals surface area contributed by atoms with Gasteiger partial charge >= 0.3 is 5.97 Å². The van der Waals surface area contributed by atoms with E-state index in [0.717, 1.165) is 0 Å². The van der Waals surface area contributed by atoms with E-state index in [1.165, 1.54) is 18.2 Å². The quantitative estimate of drug-likeness (QED) is 0.756. The largest absolute Gasteiger partial charge is 0.443 e. The molecule has 0 fully saturated rings. The van der Waals surface area contributed by atoms with Crippen LogP contribution in [0.1, 0.15) is 23.7 Å². The Morgan fingerprint density at radius 3 is 2.61 bits per heavy atom. The molecule has 6 nitrogen and oxygen atoms in total. The van der Waals surface area contributed by atoms with Crippen molar-refractivity contribution in [1.82, 2.24) is 4.31 Å². The molecule has 0 bridgehead atoms. The molecule has 2 rings (SSSR count). The summed E-state index contributed by atoms with van der Waals surface area (Å²) in [4.78, 5) is 22.8. The number of fused-ring (bicyclic) bond motifs is 1. The fourth-order valence-corrected chi connectivity index (χ4v) is 3.02. The Labute approximate surface area is 104 Å². The van der Waals surface area contributed by atoms with E-state index in [2.05, 4.69) is 0 Å². The number of ether oxygens (including phenoxy) is 1. The van der Waals surface area contributed by atoms with Gasteiger partial charge in [-0.2, -0.15) is 4.31 Å². The normalized spacial score (nSPS) is 16.5. The molecule has 1 aromatic carbocycles. The average molecular weight is 269 g/mol. The third-order valence-electron chi connectivity index (χ3n) is 2.54. The Hall–Kier alpha value is -1.89. The van der Waals surface area contributed by atoms with Crippen LogP contribution in [0.25, 0.3) is 0 Å². The van der Waals surface area contributed by atoms with Gasteiger partial charge in [0.25, 0.3) is 15.9 Å². The number of esters is 1. The van der Waals surface area contributed by atoms with E-state index in [4.69, 9.17) is 4.74 Å². The number of nitrogens with zero attached hydrogens (tertiary/aromatic N) is 1. The SMILES string of the molecule is CCC(=O)OCN1C(=O)c2ccccc2S1(=O)=O. The number of rotatable bonds is 3. The van der Waals surface area contributed by atoms with Gasteiger partial charge in [0.2, 0.25) is 0 Å². The highest BCUT2D eigenvalue weighted by Crippen LogP contribution is 2.29. The van der Waals surface area contributed by atoms with Crippen LogP contribution in [0, 0.1) is 0 Å². The predicted octanol–water partition coefficient (Wildman–Crippen LogP) is 0.742. The lowest BCUT2D eigenvalue weighted by molar-refractivity contribution is -0.145. The van der Waals surface area contributed by atoms with Crippen molar-refractivity contribution in [3.05, 3.63) is 29.8 Å². The van der Waals surface area contributed by atoms with Crippen molar-refractivity contribution in [2.75, 3.05) is 6.73 Å². The molecule has 1 amide bonds. The molecular weight excluding hydrogens is 258 g/mol. The van der Waals surface area contributed by atoms with Crippen LogP contribution < -0.4 is 0 Å². The van der Waals surface area contributed by atoms with Gasteiger partial charge in [-0.05, 0) is 12.1 Å². The Kier molecular flexibility index (Phi) is 3.08. The van der Waals surface area contributed by atoms with Gasteiger partial charge in [-0.15, -0.1) is 0 Å². The van der Waals surface area contributed by atoms with Crippen molar-refractivity contribution < 1.29 is 22.7 Å². The van der Waals surface area contributed by atoms with Crippen LogP contribution in [0.3, 0.4) is 0 Å². The molecule has 1 aliphatic heterocycles. The lowest BCUT2D eigenvalue weighted by Crippen LogP contribution is -2.33. The average Bonchev–Trinajstić information content (AvgIpc) is 2.56. The Morgan fingerprint density at radius 2 is 2.00 bits per heavy atom. The van der Waals surface area contributed by atoms with E-state index in [1.807, 2.05) is 0 Å². The van der Waals surface area contributed by atoms with E-state index < -0.39 is 28.6 Å². The van der Waals surface area contributed by atoms with Crippen LogP contribution in [0.15, 0.2) is 29.2 Å². The molecule has 0 saturated heterocycles. The summed E-state index contributed by atoms with van der Waals surface area (Å²) >= 11 is 0. The molecule has 0 aliphatic carbocycles. The van der Waals surface area contributed by atoms with Gasteiger partial charge in [-0.3, -0.25) is 9.59 Å². The number of sulfonamides is 1. The van der Waals surface area contributed by atoms with E-state index in [0.29, 0.717) is 4.31 Å². The van der Waals surface area contributed by atoms with E-state index in [9.17, 15) is 18.0 Å². The van der Waals surface area contributed by atoms with Crippen molar-refractivity contribution in [3.8, 4) is 0 Å². The second-order valence-electron chi connectivity index (χ2n) is 3.65. The summed E-state index contributed by atoms with van der Waals surface area (Å²) < 4.78 is 29.3. The number of carbonyl (C=O) groups is 2. The van der Waals surface area contributed by atoms with Gasteiger partial charge in [0.05, 0.1) is 5.56 Å². The smallest absolute Gasteiger partial charge is 0.307 e. The maximum Gasteiger partial charge on any atom is 0.307 e. The Balaban J connectivity index is 2.31. The first kappa shape index (κ1) is 12.6. The van der Waals surface area contributed by atoms with Gasteiger partial charge in [0.1, 0.15) is 4.90 Å². The van der Waals surface area contributed by atoms with Crippen molar-refractivity contribution in [3.63, 3.8) is 0 Å². The van der Waals surface area contributed by atoms with Crippen LogP contribution in [-0.4, -0.2) is 31.3 Å². The fourth-order valence-electron chi connectivity index (χ4n) is 1.59. The van der Waals surface area contributed by atoms with Crippen LogP contribution in [0.2, 0.25) is 0 Å². The molecule has 0 aromatic heterocycles. The summed E-state index contributed by atoms with van der Waals surface area (Å²) in [5.41, 5.74) is 0.102. The van der Waals surface area contributed by atoms with Crippen LogP contribution in [-0.2, 0) is 19.6 Å². The number of benzene rings is 1. The highest BCUT2D eigenvalue weighted by atomic mass is 32.2. The second-order valence-corrected chi connectivity index (χ2v) is 5.48. The molecule has 1 aromatic rings. The fraction of sp³-hybridized carbons (Fsp3) is 0.273. The minimum atomic E-state index is -3.89. The lowest BCUT2D eigenvalue weighted by Gasteiger charge is -2.14. The van der Waals surface area contributed by atoms with Gasteiger partial charge in [0, 0.05) is 6.42 Å². The third kappa shape index (κ3) is 1.86. The van der Waals surface area contributed by atoms with Crippen molar-refractivity contribution >= 4 is 21.9 Å². The first-order valence-electron chi connectivity index (χ1n) is 5.30. The third-order valence-corrected chi connectivity index (χ3v) is 4.31. The first-order chi connectivity index (χ1) is 8.48. The zero-order valence-electron chi connectivity index (χ0n) is 9.62. The molecule has 0 saturated carbocycles. The first-order valence-corrected chi connectivity index (χ1v) is 6.74. The van der Waals surface area contributed by atoms with Crippen molar-refractivity contribution in [1.29, 1.82) is 0 Å². The standard InChI is InChI=1S/C11H11NO5S/c1-2-10(13)17-7-12-11(14)8-5-3-4-6-9(8)18(12,15)16/h3-6H,2,7H2,1H3. The van der Waals surface area contributed by atoms with Gasteiger partial charge < -0.3 is 4.74 Å². The van der Waals surface area contributed by atoms with E-state index >= 15 is 0 Å². The maximum absolute atomic E-state index is 12.0. The van der Waals surface area contributed by atoms with Gasteiger partial charge in [-0.25, -0.2) is 8.42 Å². The molecule has 1 aliphatic rings. The summed E-state index contributed by atoms with van der Waals surface area (Å²) in [6.07, 6.45) is 0.120. The topological polar surface area (TPSA) is 80.8 Å². The molecule has 1 heterocycles. The van der Waals surface area contributed by atoms with E-state index in [1.54, 1.807) is 13.0 Å². The van der Waals surface area contributed by atoms with Gasteiger partial charge in [-0.1, -0.05) is 19.1 Å². The van der Waals surface area contributed by atoms with Crippen molar-refractivity contribution in [2.24, 2.45) is 0 Å². The molecule has 0 spiro atoms. The minimum Gasteiger partial charge on any atom is -0.443 e. The monoisotopic (exact) mass is 269 g/mol. The summed E-state index contributed by atoms with van der Waals surface area (Å²) in [7, 11) is -3.89. The van der Waals surface area contributed by atoms with E-state index in [-0.39, 0.29) is 16.9 Å². The van der Waals surface area contributed by atoms with Gasteiger partial charge in [0.15, 0.2) is 6.73 Å². The number of hydrogen-bond donors (Lipinski definition) is 0. The highest BCUT2D eigenvalue weighted by Gasteiger charge is 2.41. The minimum absolute atomic E-state index is 0.0532. The molecule has 0 radical (unpaired) electrons. The zero-order chi connectivity index (χ0) is 13.3. The molecule has 0 unspecified atom stereocenters. The van der Waals surface area contributed by atoms with Crippen molar-refractivity contribution in [2.45, 2.75) is 18.2 Å². The predicted molar refractivity (Wildman–Crippen MR) is 61.0 cm³/mol. The summed E-state index contributed by atoms with van der Waals surface area (Å²) in [6.45, 7) is 1.000. The number of hydrogen-bond acceptors (Lipinski definition) is 5. The number of carbonyl (C=O) groups excluding carboxylic acids is 2. The second kappa shape index (κ2) is 4.41. The number of amides is 1. The lowest BCUT2D eigenvalue weighted by atomic mass is 10.2. The zero-order valence-corrected chi connectivity index (χ0v) is 10.4. The Morgan fingerprint density at radius 1 is 1.33 bits per heavy atom. The Bertz CT molecular complexity index is 608. The molecule has 7 heteroatoms. The summed E-state index contributed by atoms with van der Waals surface area (Å²) in [5, 5.41) is 0. The van der Waals surface area contributed by atoms with Crippen LogP contribution in [0.4, 0.5) is 0 Å². The molecule has 18 heavy (non-hydrogen) atoms. The molecule has 0 N–H and O–H groups in total. The van der Waals surface area contributed by atoms with Crippen LogP contribution >= 0.6 is 0 Å². The molecular formula is C11H11NO5S. The molecule has 0 atom stereocenters.